The number of alkyl halides is 3. The van der Waals surface area contributed by atoms with Gasteiger partial charge in [0, 0.05) is 30.4 Å². The van der Waals surface area contributed by atoms with Gasteiger partial charge in [0.05, 0.1) is 17.5 Å². The first-order chi connectivity index (χ1) is 18.6. The third-order valence-corrected chi connectivity index (χ3v) is 6.97. The second-order valence-electron chi connectivity index (χ2n) is 10.0. The smallest absolute Gasteiger partial charge is 0.366 e. The van der Waals surface area contributed by atoms with Crippen molar-refractivity contribution in [2.45, 2.75) is 52.8 Å². The lowest BCUT2D eigenvalue weighted by molar-refractivity contribution is -0.141. The number of rotatable bonds is 7. The molecule has 1 N–H and O–H groups in total. The zero-order valence-corrected chi connectivity index (χ0v) is 22.6. The highest BCUT2D eigenvalue weighted by atomic mass is 19.4. The molecule has 0 saturated carbocycles. The molecule has 0 aliphatic rings. The lowest BCUT2D eigenvalue weighted by atomic mass is 9.94. The van der Waals surface area contributed by atoms with Gasteiger partial charge in [0.15, 0.2) is 5.69 Å². The summed E-state index contributed by atoms with van der Waals surface area (Å²) in [5.74, 6) is 1.12. The fraction of sp³-hybridized carbons (Fsp3) is 0.300. The van der Waals surface area contributed by atoms with E-state index >= 15 is 0 Å². The highest BCUT2D eigenvalue weighted by molar-refractivity contribution is 5.95. The standard InChI is InChI=1S/C30H31F3N6/c1-6-22-28-27(35-17-38(28)5)26(24-10-8-7-9-23(24)18(2)3)36-29(22)34-16-20-11-13-21(14-12-20)39-19(4)15-25(37-39)30(31,32)33/h7-15,17-18H,6,16H2,1-5H3,(H,34,36). The van der Waals surface area contributed by atoms with E-state index in [1.54, 1.807) is 19.1 Å². The van der Waals surface area contributed by atoms with Crippen LogP contribution in [0.3, 0.4) is 0 Å². The molecular weight excluding hydrogens is 501 g/mol. The van der Waals surface area contributed by atoms with E-state index in [1.807, 2.05) is 42.2 Å². The van der Waals surface area contributed by atoms with E-state index in [9.17, 15) is 13.2 Å². The molecule has 0 aliphatic heterocycles. The number of hydrogen-bond acceptors (Lipinski definition) is 4. The van der Waals surface area contributed by atoms with E-state index in [0.29, 0.717) is 23.8 Å². The monoisotopic (exact) mass is 532 g/mol. The van der Waals surface area contributed by atoms with Crippen LogP contribution in [0.1, 0.15) is 54.8 Å². The zero-order chi connectivity index (χ0) is 27.9. The minimum absolute atomic E-state index is 0.327. The normalized spacial score (nSPS) is 12.0. The third kappa shape index (κ3) is 5.01. The summed E-state index contributed by atoms with van der Waals surface area (Å²) in [7, 11) is 2.00. The van der Waals surface area contributed by atoms with Gasteiger partial charge in [0.25, 0.3) is 0 Å². The third-order valence-electron chi connectivity index (χ3n) is 6.97. The van der Waals surface area contributed by atoms with Crippen LogP contribution in [0.5, 0.6) is 0 Å². The lowest BCUT2D eigenvalue weighted by Gasteiger charge is -2.17. The van der Waals surface area contributed by atoms with Crippen molar-refractivity contribution in [3.05, 3.63) is 89.0 Å². The molecule has 3 aromatic heterocycles. The summed E-state index contributed by atoms with van der Waals surface area (Å²) in [5.41, 5.74) is 7.20. The minimum atomic E-state index is -4.48. The van der Waals surface area contributed by atoms with Crippen molar-refractivity contribution in [2.75, 3.05) is 5.32 Å². The Hall–Kier alpha value is -4.14. The second-order valence-corrected chi connectivity index (χ2v) is 10.0. The first kappa shape index (κ1) is 26.5. The predicted molar refractivity (Wildman–Crippen MR) is 148 cm³/mol. The Kier molecular flexibility index (Phi) is 6.92. The lowest BCUT2D eigenvalue weighted by Crippen LogP contribution is -2.09. The SMILES string of the molecule is CCc1c(NCc2ccc(-n3nc(C(F)(F)F)cc3C)cc2)nc(-c2ccccc2C(C)C)c2ncn(C)c12. The molecule has 0 bridgehead atoms. The summed E-state index contributed by atoms with van der Waals surface area (Å²) in [6, 6.07) is 16.7. The quantitative estimate of drug-likeness (QED) is 0.237. The number of pyridine rings is 1. The van der Waals surface area contributed by atoms with Gasteiger partial charge in [0.1, 0.15) is 17.0 Å². The Balaban J connectivity index is 1.48. The molecule has 0 amide bonds. The van der Waals surface area contributed by atoms with Crippen LogP contribution >= 0.6 is 0 Å². The van der Waals surface area contributed by atoms with Crippen LogP contribution in [-0.4, -0.2) is 24.3 Å². The largest absolute Gasteiger partial charge is 0.435 e. The maximum Gasteiger partial charge on any atom is 0.435 e. The van der Waals surface area contributed by atoms with Crippen LogP contribution in [0.4, 0.5) is 19.0 Å². The Morgan fingerprint density at radius 2 is 1.74 bits per heavy atom. The van der Waals surface area contributed by atoms with Crippen molar-refractivity contribution in [1.82, 2.24) is 24.3 Å². The van der Waals surface area contributed by atoms with Crippen LogP contribution in [0.15, 0.2) is 60.9 Å². The summed E-state index contributed by atoms with van der Waals surface area (Å²) in [6.45, 7) is 8.56. The second kappa shape index (κ2) is 10.2. The van der Waals surface area contributed by atoms with Gasteiger partial charge in [0.2, 0.25) is 0 Å². The zero-order valence-electron chi connectivity index (χ0n) is 22.6. The Bertz CT molecular complexity index is 1630. The summed E-state index contributed by atoms with van der Waals surface area (Å²) < 4.78 is 42.6. The first-order valence-corrected chi connectivity index (χ1v) is 13.0. The molecule has 0 unspecified atom stereocenters. The van der Waals surface area contributed by atoms with Gasteiger partial charge >= 0.3 is 6.18 Å². The number of hydrogen-bond donors (Lipinski definition) is 1. The summed E-state index contributed by atoms with van der Waals surface area (Å²) >= 11 is 0. The molecule has 0 aliphatic carbocycles. The molecule has 5 rings (SSSR count). The molecule has 2 aromatic carbocycles. The summed E-state index contributed by atoms with van der Waals surface area (Å²) in [4.78, 5) is 9.83. The number of aryl methyl sites for hydroxylation is 3. The molecule has 0 atom stereocenters. The maximum absolute atomic E-state index is 13.1. The number of nitrogens with zero attached hydrogens (tertiary/aromatic N) is 5. The van der Waals surface area contributed by atoms with Crippen molar-refractivity contribution in [3.63, 3.8) is 0 Å². The van der Waals surface area contributed by atoms with Crippen LogP contribution in [0, 0.1) is 6.92 Å². The fourth-order valence-electron chi connectivity index (χ4n) is 5.00. The van der Waals surface area contributed by atoms with Crippen molar-refractivity contribution in [2.24, 2.45) is 7.05 Å². The number of benzene rings is 2. The number of imidazole rings is 1. The van der Waals surface area contributed by atoms with E-state index in [4.69, 9.17) is 9.97 Å². The van der Waals surface area contributed by atoms with Crippen molar-refractivity contribution >= 4 is 16.9 Å². The highest BCUT2D eigenvalue weighted by Crippen LogP contribution is 2.36. The van der Waals surface area contributed by atoms with Crippen molar-refractivity contribution < 1.29 is 13.2 Å². The predicted octanol–water partition coefficient (Wildman–Crippen LogP) is 7.45. The number of aromatic nitrogens is 5. The Morgan fingerprint density at radius 1 is 1.03 bits per heavy atom. The minimum Gasteiger partial charge on any atom is -0.366 e. The molecule has 9 heteroatoms. The Labute approximate surface area is 225 Å². The van der Waals surface area contributed by atoms with E-state index in [1.165, 1.54) is 10.2 Å². The average Bonchev–Trinajstić information content (AvgIpc) is 3.50. The fourth-order valence-corrected chi connectivity index (χ4v) is 5.00. The molecule has 0 fully saturated rings. The molecule has 0 saturated heterocycles. The highest BCUT2D eigenvalue weighted by Gasteiger charge is 2.34. The van der Waals surface area contributed by atoms with E-state index in [-0.39, 0.29) is 0 Å². The molecule has 39 heavy (non-hydrogen) atoms. The molecule has 202 valence electrons. The number of nitrogens with one attached hydrogen (secondary N) is 1. The molecule has 5 aromatic rings. The van der Waals surface area contributed by atoms with Crippen LogP contribution in [0.25, 0.3) is 28.0 Å². The molecule has 0 radical (unpaired) electrons. The van der Waals surface area contributed by atoms with E-state index in [0.717, 1.165) is 51.7 Å². The average molecular weight is 533 g/mol. The van der Waals surface area contributed by atoms with Gasteiger partial charge in [-0.25, -0.2) is 14.6 Å². The van der Waals surface area contributed by atoms with Gasteiger partial charge in [-0.3, -0.25) is 0 Å². The van der Waals surface area contributed by atoms with E-state index < -0.39 is 11.9 Å². The van der Waals surface area contributed by atoms with E-state index in [2.05, 4.69) is 43.3 Å². The topological polar surface area (TPSA) is 60.6 Å². The molecule has 6 nitrogen and oxygen atoms in total. The van der Waals surface area contributed by atoms with Gasteiger partial charge in [-0.1, -0.05) is 57.2 Å². The Morgan fingerprint density at radius 3 is 2.38 bits per heavy atom. The summed E-state index contributed by atoms with van der Waals surface area (Å²) in [6.07, 6.45) is -1.87. The van der Waals surface area contributed by atoms with Crippen LogP contribution < -0.4 is 5.32 Å². The maximum atomic E-state index is 13.1. The van der Waals surface area contributed by atoms with Gasteiger partial charge in [-0.15, -0.1) is 0 Å². The van der Waals surface area contributed by atoms with Crippen LogP contribution in [0.2, 0.25) is 0 Å². The summed E-state index contributed by atoms with van der Waals surface area (Å²) in [5, 5.41) is 7.26. The van der Waals surface area contributed by atoms with Crippen LogP contribution in [-0.2, 0) is 26.2 Å². The first-order valence-electron chi connectivity index (χ1n) is 13.0. The van der Waals surface area contributed by atoms with Gasteiger partial charge in [-0.2, -0.15) is 18.3 Å². The molecular formula is C30H31F3N6. The van der Waals surface area contributed by atoms with Gasteiger partial charge < -0.3 is 9.88 Å². The number of anilines is 1. The van der Waals surface area contributed by atoms with Gasteiger partial charge in [-0.05, 0) is 48.6 Å². The number of fused-ring (bicyclic) bond motifs is 1. The van der Waals surface area contributed by atoms with Crippen molar-refractivity contribution in [1.29, 1.82) is 0 Å². The molecule has 3 heterocycles. The number of halogens is 3. The molecule has 0 spiro atoms. The van der Waals surface area contributed by atoms with Crippen molar-refractivity contribution in [3.8, 4) is 16.9 Å².